The summed E-state index contributed by atoms with van der Waals surface area (Å²) in [7, 11) is 3.29. The van der Waals surface area contributed by atoms with Crippen LogP contribution in [0.3, 0.4) is 0 Å². The van der Waals surface area contributed by atoms with Gasteiger partial charge < -0.3 is 24.5 Å². The van der Waals surface area contributed by atoms with Gasteiger partial charge in [0.1, 0.15) is 11.5 Å². The first-order chi connectivity index (χ1) is 16.6. The first-order valence-electron chi connectivity index (χ1n) is 12.0. The van der Waals surface area contributed by atoms with Gasteiger partial charge in [0.05, 0.1) is 27.4 Å². The van der Waals surface area contributed by atoms with E-state index in [1.165, 1.54) is 5.56 Å². The number of carbonyl (C=O) groups is 1. The molecule has 182 valence electrons. The number of aromatic amines is 1. The molecule has 1 aliphatic rings. The molecule has 3 aromatic rings. The molecule has 1 fully saturated rings. The lowest BCUT2D eigenvalue weighted by atomic mass is 9.87. The van der Waals surface area contributed by atoms with Crippen LogP contribution < -0.4 is 14.8 Å². The molecule has 4 rings (SSSR count). The Morgan fingerprint density at radius 3 is 2.56 bits per heavy atom. The van der Waals surface area contributed by atoms with Crippen LogP contribution in [0, 0.1) is 0 Å². The van der Waals surface area contributed by atoms with Crippen LogP contribution in [-0.4, -0.2) is 69.4 Å². The summed E-state index contributed by atoms with van der Waals surface area (Å²) in [5.74, 6) is 1.30. The third-order valence-electron chi connectivity index (χ3n) is 6.61. The van der Waals surface area contributed by atoms with Gasteiger partial charge in [-0.2, -0.15) is 0 Å². The highest BCUT2D eigenvalue weighted by Gasteiger charge is 2.23. The molecule has 1 atom stereocenters. The van der Waals surface area contributed by atoms with E-state index in [0.717, 1.165) is 61.3 Å². The SMILES string of the molecule is CCc1cccc2c(C(CC(=O)NCCN3CCOCC3)c3cc(OC)cc(OC)c3)c[nH]c12. The molecule has 0 spiro atoms. The molecule has 1 aliphatic heterocycles. The number of fused-ring (bicyclic) bond motifs is 1. The zero-order valence-corrected chi connectivity index (χ0v) is 20.4. The second kappa shape index (κ2) is 11.4. The molecule has 1 unspecified atom stereocenters. The monoisotopic (exact) mass is 465 g/mol. The van der Waals surface area contributed by atoms with Crippen LogP contribution >= 0.6 is 0 Å². The molecule has 2 N–H and O–H groups in total. The molecule has 7 heteroatoms. The number of hydrogen-bond donors (Lipinski definition) is 2. The lowest BCUT2D eigenvalue weighted by Crippen LogP contribution is -2.41. The van der Waals surface area contributed by atoms with Crippen LogP contribution in [0.15, 0.2) is 42.6 Å². The van der Waals surface area contributed by atoms with E-state index in [1.54, 1.807) is 14.2 Å². The van der Waals surface area contributed by atoms with Crippen molar-refractivity contribution in [3.05, 3.63) is 59.3 Å². The van der Waals surface area contributed by atoms with Crippen LogP contribution in [0.4, 0.5) is 0 Å². The second-order valence-electron chi connectivity index (χ2n) is 8.64. The highest BCUT2D eigenvalue weighted by atomic mass is 16.5. The van der Waals surface area contributed by atoms with Crippen LogP contribution in [0.5, 0.6) is 11.5 Å². The average Bonchev–Trinajstić information content (AvgIpc) is 3.31. The predicted octanol–water partition coefficient (Wildman–Crippen LogP) is 3.72. The zero-order chi connectivity index (χ0) is 23.9. The summed E-state index contributed by atoms with van der Waals surface area (Å²) in [6.07, 6.45) is 3.32. The standard InChI is InChI=1S/C27H35N3O4/c1-4-19-6-5-7-23-25(18-29-27(19)23)24(20-14-21(32-2)16-22(15-20)33-3)17-26(31)28-8-9-30-10-12-34-13-11-30/h5-7,14-16,18,24,29H,4,8-13,17H2,1-3H3,(H,28,31). The van der Waals surface area contributed by atoms with Gasteiger partial charge in [0.2, 0.25) is 5.91 Å². The first kappa shape index (κ1) is 24.1. The van der Waals surface area contributed by atoms with E-state index in [9.17, 15) is 4.79 Å². The fourth-order valence-electron chi connectivity index (χ4n) is 4.70. The minimum absolute atomic E-state index is 0.0287. The topological polar surface area (TPSA) is 75.8 Å². The van der Waals surface area contributed by atoms with E-state index < -0.39 is 0 Å². The molecule has 1 amide bonds. The Bertz CT molecular complexity index is 1080. The summed E-state index contributed by atoms with van der Waals surface area (Å²) in [5, 5.41) is 4.27. The number of methoxy groups -OCH3 is 2. The number of benzene rings is 2. The molecule has 2 heterocycles. The molecule has 0 radical (unpaired) electrons. The molecule has 0 bridgehead atoms. The normalized spacial score (nSPS) is 15.3. The van der Waals surface area contributed by atoms with Gasteiger partial charge in [0.25, 0.3) is 0 Å². The summed E-state index contributed by atoms with van der Waals surface area (Å²) >= 11 is 0. The van der Waals surface area contributed by atoms with Crippen molar-refractivity contribution < 1.29 is 19.0 Å². The predicted molar refractivity (Wildman–Crippen MR) is 134 cm³/mol. The zero-order valence-electron chi connectivity index (χ0n) is 20.4. The Morgan fingerprint density at radius 1 is 1.15 bits per heavy atom. The fourth-order valence-corrected chi connectivity index (χ4v) is 4.70. The number of morpholine rings is 1. The smallest absolute Gasteiger partial charge is 0.220 e. The number of amides is 1. The van der Waals surface area contributed by atoms with Gasteiger partial charge in [-0.05, 0) is 35.2 Å². The number of H-pyrrole nitrogens is 1. The maximum absolute atomic E-state index is 13.1. The molecular weight excluding hydrogens is 430 g/mol. The molecule has 1 aromatic heterocycles. The van der Waals surface area contributed by atoms with Crippen LogP contribution in [0.1, 0.15) is 36.0 Å². The maximum Gasteiger partial charge on any atom is 0.220 e. The molecule has 34 heavy (non-hydrogen) atoms. The van der Waals surface area contributed by atoms with Gasteiger partial charge >= 0.3 is 0 Å². The minimum Gasteiger partial charge on any atom is -0.497 e. The quantitative estimate of drug-likeness (QED) is 0.477. The number of aromatic nitrogens is 1. The van der Waals surface area contributed by atoms with Crippen molar-refractivity contribution in [1.82, 2.24) is 15.2 Å². The van der Waals surface area contributed by atoms with E-state index >= 15 is 0 Å². The highest BCUT2D eigenvalue weighted by molar-refractivity contribution is 5.88. The lowest BCUT2D eigenvalue weighted by molar-refractivity contribution is -0.121. The van der Waals surface area contributed by atoms with Crippen molar-refractivity contribution in [2.75, 3.05) is 53.6 Å². The highest BCUT2D eigenvalue weighted by Crippen LogP contribution is 2.37. The summed E-state index contributed by atoms with van der Waals surface area (Å²) in [5.41, 5.74) is 4.49. The Labute approximate surface area is 201 Å². The van der Waals surface area contributed by atoms with Gasteiger partial charge in [-0.3, -0.25) is 9.69 Å². The first-order valence-corrected chi connectivity index (χ1v) is 12.0. The number of ether oxygens (including phenoxy) is 3. The number of para-hydroxylation sites is 1. The third-order valence-corrected chi connectivity index (χ3v) is 6.61. The summed E-state index contributed by atoms with van der Waals surface area (Å²) < 4.78 is 16.5. The maximum atomic E-state index is 13.1. The van der Waals surface area contributed by atoms with Crippen molar-refractivity contribution in [3.63, 3.8) is 0 Å². The third kappa shape index (κ3) is 5.54. The summed E-state index contributed by atoms with van der Waals surface area (Å²) in [6.45, 7) is 6.96. The van der Waals surface area contributed by atoms with E-state index in [0.29, 0.717) is 24.5 Å². The van der Waals surface area contributed by atoms with E-state index in [2.05, 4.69) is 40.3 Å². The fraction of sp³-hybridized carbons (Fsp3) is 0.444. The summed E-state index contributed by atoms with van der Waals surface area (Å²) in [4.78, 5) is 18.9. The van der Waals surface area contributed by atoms with E-state index in [1.807, 2.05) is 24.4 Å². The molecule has 7 nitrogen and oxygen atoms in total. The number of nitrogens with zero attached hydrogens (tertiary/aromatic N) is 1. The molecule has 1 saturated heterocycles. The van der Waals surface area contributed by atoms with Crippen molar-refractivity contribution in [3.8, 4) is 11.5 Å². The number of nitrogens with one attached hydrogen (secondary N) is 2. The lowest BCUT2D eigenvalue weighted by Gasteiger charge is -2.26. The van der Waals surface area contributed by atoms with Gasteiger partial charge in [0.15, 0.2) is 0 Å². The molecule has 0 saturated carbocycles. The number of carbonyl (C=O) groups excluding carboxylic acids is 1. The molecule has 0 aliphatic carbocycles. The Balaban J connectivity index is 1.60. The average molecular weight is 466 g/mol. The Kier molecular flexibility index (Phi) is 8.08. The van der Waals surface area contributed by atoms with Crippen molar-refractivity contribution in [1.29, 1.82) is 0 Å². The second-order valence-corrected chi connectivity index (χ2v) is 8.64. The van der Waals surface area contributed by atoms with Gasteiger partial charge in [0, 0.05) is 61.7 Å². The van der Waals surface area contributed by atoms with Gasteiger partial charge in [-0.25, -0.2) is 0 Å². The van der Waals surface area contributed by atoms with E-state index in [-0.39, 0.29) is 11.8 Å². The largest absolute Gasteiger partial charge is 0.497 e. The van der Waals surface area contributed by atoms with Gasteiger partial charge in [-0.15, -0.1) is 0 Å². The van der Waals surface area contributed by atoms with Crippen LogP contribution in [0.2, 0.25) is 0 Å². The Morgan fingerprint density at radius 2 is 1.88 bits per heavy atom. The van der Waals surface area contributed by atoms with Crippen molar-refractivity contribution >= 4 is 16.8 Å². The number of hydrogen-bond acceptors (Lipinski definition) is 5. The van der Waals surface area contributed by atoms with Gasteiger partial charge in [-0.1, -0.05) is 25.1 Å². The molecule has 2 aromatic carbocycles. The summed E-state index contributed by atoms with van der Waals surface area (Å²) in [6, 6.07) is 12.2. The van der Waals surface area contributed by atoms with Crippen molar-refractivity contribution in [2.24, 2.45) is 0 Å². The van der Waals surface area contributed by atoms with Crippen LogP contribution in [0.25, 0.3) is 10.9 Å². The minimum atomic E-state index is -0.145. The number of aryl methyl sites for hydroxylation is 1. The Hall–Kier alpha value is -3.03. The molecular formula is C27H35N3O4. The van der Waals surface area contributed by atoms with Crippen LogP contribution in [-0.2, 0) is 16.0 Å². The van der Waals surface area contributed by atoms with Crippen molar-refractivity contribution in [2.45, 2.75) is 25.7 Å². The van der Waals surface area contributed by atoms with E-state index in [4.69, 9.17) is 14.2 Å². The number of rotatable bonds is 10.